The number of benzene rings is 2. The summed E-state index contributed by atoms with van der Waals surface area (Å²) in [7, 11) is 1.70. The number of allylic oxidation sites excluding steroid dienone is 2. The average molecular weight is 346 g/mol. The lowest BCUT2D eigenvalue weighted by Crippen LogP contribution is -2.29. The molecule has 1 heterocycles. The van der Waals surface area contributed by atoms with E-state index in [2.05, 4.69) is 29.6 Å². The van der Waals surface area contributed by atoms with Gasteiger partial charge < -0.3 is 10.1 Å². The van der Waals surface area contributed by atoms with Gasteiger partial charge >= 0.3 is 0 Å². The molecule has 3 unspecified atom stereocenters. The van der Waals surface area contributed by atoms with E-state index in [0.717, 1.165) is 28.4 Å². The van der Waals surface area contributed by atoms with Crippen LogP contribution in [0.25, 0.3) is 0 Å². The van der Waals surface area contributed by atoms with Gasteiger partial charge in [-0.2, -0.15) is 0 Å². The van der Waals surface area contributed by atoms with E-state index in [1.165, 1.54) is 5.56 Å². The highest BCUT2D eigenvalue weighted by Crippen LogP contribution is 2.51. The van der Waals surface area contributed by atoms with Crippen molar-refractivity contribution in [3.8, 4) is 5.75 Å². The van der Waals surface area contributed by atoms with Gasteiger partial charge in [0.25, 0.3) is 0 Å². The molecule has 2 aliphatic rings. The number of methoxy groups -OCH3 is 1. The lowest BCUT2D eigenvalue weighted by Gasteiger charge is -2.38. The Balaban J connectivity index is 1.79. The number of halogens is 2. The highest BCUT2D eigenvalue weighted by atomic mass is 35.5. The average Bonchev–Trinajstić information content (AvgIpc) is 3.04. The number of nitrogens with one attached hydrogen (secondary N) is 1. The molecule has 118 valence electrons. The molecule has 4 rings (SSSR count). The molecule has 0 amide bonds. The van der Waals surface area contributed by atoms with Crippen molar-refractivity contribution < 1.29 is 4.74 Å². The Kier molecular flexibility index (Phi) is 3.74. The van der Waals surface area contributed by atoms with Gasteiger partial charge in [-0.3, -0.25) is 0 Å². The van der Waals surface area contributed by atoms with E-state index in [-0.39, 0.29) is 6.04 Å². The molecule has 1 aliphatic heterocycles. The highest BCUT2D eigenvalue weighted by Gasteiger charge is 2.38. The first-order valence-corrected chi connectivity index (χ1v) is 8.49. The molecule has 23 heavy (non-hydrogen) atoms. The molecule has 0 saturated carbocycles. The Morgan fingerprint density at radius 1 is 1.09 bits per heavy atom. The normalized spacial score (nSPS) is 24.7. The van der Waals surface area contributed by atoms with Gasteiger partial charge in [-0.05, 0) is 53.8 Å². The number of hydrogen-bond acceptors (Lipinski definition) is 2. The number of ether oxygens (including phenoxy) is 1. The lowest BCUT2D eigenvalue weighted by atomic mass is 9.77. The Hall–Kier alpha value is -1.64. The quantitative estimate of drug-likeness (QED) is 0.691. The monoisotopic (exact) mass is 345 g/mol. The van der Waals surface area contributed by atoms with Crippen LogP contribution in [0.15, 0.2) is 48.6 Å². The summed E-state index contributed by atoms with van der Waals surface area (Å²) in [5.74, 6) is 1.74. The van der Waals surface area contributed by atoms with Crippen LogP contribution in [0.4, 0.5) is 5.69 Å². The molecule has 3 atom stereocenters. The van der Waals surface area contributed by atoms with E-state index < -0.39 is 0 Å². The van der Waals surface area contributed by atoms with Crippen LogP contribution >= 0.6 is 23.2 Å². The Morgan fingerprint density at radius 3 is 2.74 bits per heavy atom. The molecule has 0 fully saturated rings. The number of fused-ring (bicyclic) bond motifs is 3. The second kappa shape index (κ2) is 5.77. The molecule has 0 aromatic heterocycles. The molecule has 0 bridgehead atoms. The number of anilines is 1. The summed E-state index contributed by atoms with van der Waals surface area (Å²) in [6.45, 7) is 0. The maximum absolute atomic E-state index is 6.46. The summed E-state index contributed by atoms with van der Waals surface area (Å²) in [6, 6.07) is 12.2. The zero-order chi connectivity index (χ0) is 16.0. The number of rotatable bonds is 2. The Labute approximate surface area is 146 Å². The van der Waals surface area contributed by atoms with E-state index in [9.17, 15) is 0 Å². The van der Waals surface area contributed by atoms with Crippen LogP contribution in [0, 0.1) is 5.92 Å². The standard InChI is InChI=1S/C19H17Cl2NO/c1-23-12-6-8-18-16(10-12)13-3-2-4-14(13)19(22-18)15-7-5-11(20)9-17(15)21/h2-3,5-10,13-14,19,22H,4H2,1H3. The number of hydrogen-bond donors (Lipinski definition) is 1. The Bertz CT molecular complexity index is 787. The fraction of sp³-hybridized carbons (Fsp3) is 0.263. The molecular formula is C19H17Cl2NO. The molecule has 1 aliphatic carbocycles. The fourth-order valence-corrected chi connectivity index (χ4v) is 4.29. The molecule has 0 saturated heterocycles. The zero-order valence-corrected chi connectivity index (χ0v) is 14.2. The van der Waals surface area contributed by atoms with Crippen LogP contribution in [0.2, 0.25) is 10.0 Å². The molecule has 2 nitrogen and oxygen atoms in total. The second-order valence-corrected chi connectivity index (χ2v) is 6.94. The minimum absolute atomic E-state index is 0.181. The predicted octanol–water partition coefficient (Wildman–Crippen LogP) is 5.83. The van der Waals surface area contributed by atoms with Crippen molar-refractivity contribution in [1.29, 1.82) is 0 Å². The molecular weight excluding hydrogens is 329 g/mol. The van der Waals surface area contributed by atoms with E-state index in [1.54, 1.807) is 7.11 Å². The lowest BCUT2D eigenvalue weighted by molar-refractivity contribution is 0.405. The van der Waals surface area contributed by atoms with Crippen molar-refractivity contribution in [2.24, 2.45) is 5.92 Å². The van der Waals surface area contributed by atoms with Gasteiger partial charge in [-0.25, -0.2) is 0 Å². The van der Waals surface area contributed by atoms with Crippen LogP contribution in [0.1, 0.15) is 29.5 Å². The summed E-state index contributed by atoms with van der Waals surface area (Å²) in [6.07, 6.45) is 5.61. The largest absolute Gasteiger partial charge is 0.497 e. The molecule has 0 spiro atoms. The maximum Gasteiger partial charge on any atom is 0.119 e. The van der Waals surface area contributed by atoms with Crippen LogP contribution in [0.5, 0.6) is 5.75 Å². The van der Waals surface area contributed by atoms with Crippen LogP contribution in [-0.4, -0.2) is 7.11 Å². The first-order chi connectivity index (χ1) is 11.2. The fourth-order valence-electron chi connectivity index (χ4n) is 3.76. The predicted molar refractivity (Wildman–Crippen MR) is 95.8 cm³/mol. The van der Waals surface area contributed by atoms with E-state index in [4.69, 9.17) is 27.9 Å². The van der Waals surface area contributed by atoms with Gasteiger partial charge in [0.05, 0.1) is 13.2 Å². The summed E-state index contributed by atoms with van der Waals surface area (Å²) in [5.41, 5.74) is 3.55. The summed E-state index contributed by atoms with van der Waals surface area (Å²) >= 11 is 12.5. The summed E-state index contributed by atoms with van der Waals surface area (Å²) < 4.78 is 5.38. The van der Waals surface area contributed by atoms with Crippen LogP contribution < -0.4 is 10.1 Å². The van der Waals surface area contributed by atoms with Crippen molar-refractivity contribution >= 4 is 28.9 Å². The first kappa shape index (κ1) is 14.9. The van der Waals surface area contributed by atoms with Gasteiger partial charge in [0.1, 0.15) is 5.75 Å². The minimum Gasteiger partial charge on any atom is -0.497 e. The third-order valence-electron chi connectivity index (χ3n) is 4.87. The van der Waals surface area contributed by atoms with Gasteiger partial charge in [-0.15, -0.1) is 0 Å². The van der Waals surface area contributed by atoms with Gasteiger partial charge in [0.15, 0.2) is 0 Å². The molecule has 4 heteroatoms. The second-order valence-electron chi connectivity index (χ2n) is 6.09. The SMILES string of the molecule is COc1ccc2c(c1)C1C=CCC1C(c1ccc(Cl)cc1Cl)N2. The summed E-state index contributed by atoms with van der Waals surface area (Å²) in [4.78, 5) is 0. The van der Waals surface area contributed by atoms with E-state index in [0.29, 0.717) is 16.9 Å². The van der Waals surface area contributed by atoms with E-state index >= 15 is 0 Å². The van der Waals surface area contributed by atoms with Crippen molar-refractivity contribution in [3.63, 3.8) is 0 Å². The van der Waals surface area contributed by atoms with Crippen molar-refractivity contribution in [3.05, 3.63) is 69.7 Å². The third-order valence-corrected chi connectivity index (χ3v) is 5.43. The molecule has 0 radical (unpaired) electrons. The maximum atomic E-state index is 6.46. The van der Waals surface area contributed by atoms with Crippen LogP contribution in [-0.2, 0) is 0 Å². The van der Waals surface area contributed by atoms with Crippen molar-refractivity contribution in [2.45, 2.75) is 18.4 Å². The molecule has 1 N–H and O–H groups in total. The smallest absolute Gasteiger partial charge is 0.119 e. The van der Waals surface area contributed by atoms with Gasteiger partial charge in [0.2, 0.25) is 0 Å². The van der Waals surface area contributed by atoms with E-state index in [1.807, 2.05) is 24.3 Å². The molecule has 2 aromatic carbocycles. The van der Waals surface area contributed by atoms with Gasteiger partial charge in [-0.1, -0.05) is 41.4 Å². The van der Waals surface area contributed by atoms with Crippen molar-refractivity contribution in [2.75, 3.05) is 12.4 Å². The zero-order valence-electron chi connectivity index (χ0n) is 12.7. The van der Waals surface area contributed by atoms with Crippen molar-refractivity contribution in [1.82, 2.24) is 0 Å². The summed E-state index contributed by atoms with van der Waals surface area (Å²) in [5, 5.41) is 5.06. The first-order valence-electron chi connectivity index (χ1n) is 7.73. The van der Waals surface area contributed by atoms with Crippen LogP contribution in [0.3, 0.4) is 0 Å². The molecule has 2 aromatic rings. The third kappa shape index (κ3) is 2.50. The minimum atomic E-state index is 0.181. The topological polar surface area (TPSA) is 21.3 Å². The Morgan fingerprint density at radius 2 is 1.96 bits per heavy atom. The van der Waals surface area contributed by atoms with Gasteiger partial charge in [0, 0.05) is 21.7 Å². The highest BCUT2D eigenvalue weighted by molar-refractivity contribution is 6.35.